The van der Waals surface area contributed by atoms with Crippen LogP contribution in [0, 0.1) is 10.1 Å². The van der Waals surface area contributed by atoms with Crippen molar-refractivity contribution in [3.63, 3.8) is 0 Å². The van der Waals surface area contributed by atoms with Crippen LogP contribution in [-0.4, -0.2) is 41.8 Å². The van der Waals surface area contributed by atoms with Crippen molar-refractivity contribution < 1.29 is 29.1 Å². The van der Waals surface area contributed by atoms with Gasteiger partial charge < -0.3 is 19.9 Å². The number of nitrogens with one attached hydrogen (secondary N) is 1. The largest absolute Gasteiger partial charge is 0.462 e. The first-order chi connectivity index (χ1) is 17.3. The number of carbonyl (C=O) groups excluding carboxylic acids is 2. The highest BCUT2D eigenvalue weighted by Crippen LogP contribution is 2.40. The molecule has 0 aliphatic carbocycles. The third-order valence-corrected chi connectivity index (χ3v) is 5.57. The van der Waals surface area contributed by atoms with E-state index in [0.717, 1.165) is 5.56 Å². The van der Waals surface area contributed by atoms with Gasteiger partial charge in [0.05, 0.1) is 28.6 Å². The number of nitro benzene ring substituents is 1. The minimum absolute atomic E-state index is 0.00879. The van der Waals surface area contributed by atoms with Gasteiger partial charge in [-0.1, -0.05) is 48.5 Å². The lowest BCUT2D eigenvalue weighted by Gasteiger charge is -2.30. The summed E-state index contributed by atoms with van der Waals surface area (Å²) in [4.78, 5) is 37.2. The number of hydrogen-bond acceptors (Lipinski definition) is 8. The molecule has 0 saturated carbocycles. The standard InChI is InChI=1S/C27H28N2O7/c1-18-23(26(31)35-15-7-11-20-9-4-3-5-10-20)25(21-12-6-13-22(17-21)29(33)34)24(19(2)28-18)27(32)36-16-8-14-30/h3-7,9-13,17,25,28,30H,8,14-16H2,1-2H3/b11-7+. The van der Waals surface area contributed by atoms with Crippen LogP contribution in [0.15, 0.2) is 83.2 Å². The Bertz CT molecular complexity index is 1220. The van der Waals surface area contributed by atoms with Crippen LogP contribution in [-0.2, 0) is 19.1 Å². The van der Waals surface area contributed by atoms with Gasteiger partial charge in [0.15, 0.2) is 0 Å². The Kier molecular flexibility index (Phi) is 9.13. The van der Waals surface area contributed by atoms with Gasteiger partial charge in [-0.3, -0.25) is 10.1 Å². The molecule has 2 aromatic rings. The zero-order valence-electron chi connectivity index (χ0n) is 20.1. The molecule has 1 aliphatic heterocycles. The Morgan fingerprint density at radius 3 is 2.33 bits per heavy atom. The lowest BCUT2D eigenvalue weighted by atomic mass is 9.80. The first-order valence-electron chi connectivity index (χ1n) is 11.4. The van der Waals surface area contributed by atoms with Gasteiger partial charge in [0.2, 0.25) is 0 Å². The number of allylic oxidation sites excluding steroid dienone is 2. The summed E-state index contributed by atoms with van der Waals surface area (Å²) in [6, 6.07) is 15.3. The summed E-state index contributed by atoms with van der Waals surface area (Å²) in [5.41, 5.74) is 2.38. The Balaban J connectivity index is 1.94. The molecule has 1 unspecified atom stereocenters. The quantitative estimate of drug-likeness (QED) is 0.220. The Labute approximate surface area is 208 Å². The summed E-state index contributed by atoms with van der Waals surface area (Å²) in [6.45, 7) is 3.18. The maximum absolute atomic E-state index is 13.3. The number of benzene rings is 2. The molecule has 1 atom stereocenters. The maximum Gasteiger partial charge on any atom is 0.337 e. The minimum atomic E-state index is -0.946. The zero-order chi connectivity index (χ0) is 26.1. The molecule has 0 amide bonds. The predicted molar refractivity (Wildman–Crippen MR) is 133 cm³/mol. The van der Waals surface area contributed by atoms with Crippen molar-refractivity contribution in [2.45, 2.75) is 26.2 Å². The summed E-state index contributed by atoms with van der Waals surface area (Å²) in [6.07, 6.45) is 3.77. The fourth-order valence-corrected chi connectivity index (χ4v) is 3.94. The van der Waals surface area contributed by atoms with E-state index in [1.165, 1.54) is 18.2 Å². The third-order valence-electron chi connectivity index (χ3n) is 5.57. The monoisotopic (exact) mass is 492 g/mol. The number of non-ortho nitro benzene ring substituents is 1. The number of aliphatic hydroxyl groups excluding tert-OH is 1. The van der Waals surface area contributed by atoms with Crippen LogP contribution in [0.5, 0.6) is 0 Å². The first kappa shape index (κ1) is 26.4. The van der Waals surface area contributed by atoms with Crippen molar-refractivity contribution >= 4 is 23.7 Å². The average molecular weight is 493 g/mol. The predicted octanol–water partition coefficient (Wildman–Crippen LogP) is 4.01. The molecule has 1 aliphatic rings. The molecule has 0 spiro atoms. The van der Waals surface area contributed by atoms with Crippen LogP contribution in [0.3, 0.4) is 0 Å². The van der Waals surface area contributed by atoms with E-state index in [1.807, 2.05) is 36.4 Å². The highest BCUT2D eigenvalue weighted by molar-refractivity contribution is 6.00. The molecule has 0 aromatic heterocycles. The van der Waals surface area contributed by atoms with Crippen molar-refractivity contribution in [2.75, 3.05) is 19.8 Å². The number of carbonyl (C=O) groups is 2. The first-order valence-corrected chi connectivity index (χ1v) is 11.4. The van der Waals surface area contributed by atoms with Crippen molar-refractivity contribution in [2.24, 2.45) is 0 Å². The fraction of sp³-hybridized carbons (Fsp3) is 0.259. The van der Waals surface area contributed by atoms with E-state index in [2.05, 4.69) is 5.32 Å². The van der Waals surface area contributed by atoms with Gasteiger partial charge in [0, 0.05) is 36.6 Å². The van der Waals surface area contributed by atoms with E-state index < -0.39 is 22.8 Å². The van der Waals surface area contributed by atoms with E-state index >= 15 is 0 Å². The van der Waals surface area contributed by atoms with Gasteiger partial charge in [-0.25, -0.2) is 9.59 Å². The second-order valence-electron chi connectivity index (χ2n) is 8.11. The molecule has 0 bridgehead atoms. The summed E-state index contributed by atoms with van der Waals surface area (Å²) in [5, 5.41) is 23.5. The molecule has 2 N–H and O–H groups in total. The number of esters is 2. The summed E-state index contributed by atoms with van der Waals surface area (Å²) in [7, 11) is 0. The molecule has 0 saturated heterocycles. The number of dihydropyridines is 1. The average Bonchev–Trinajstić information content (AvgIpc) is 2.86. The smallest absolute Gasteiger partial charge is 0.337 e. The lowest BCUT2D eigenvalue weighted by molar-refractivity contribution is -0.384. The van der Waals surface area contributed by atoms with Crippen molar-refractivity contribution in [1.29, 1.82) is 0 Å². The summed E-state index contributed by atoms with van der Waals surface area (Å²) < 4.78 is 10.8. The molecule has 9 nitrogen and oxygen atoms in total. The van der Waals surface area contributed by atoms with Crippen LogP contribution >= 0.6 is 0 Å². The molecular weight excluding hydrogens is 464 g/mol. The maximum atomic E-state index is 13.3. The fourth-order valence-electron chi connectivity index (χ4n) is 3.94. The second kappa shape index (κ2) is 12.5. The number of aliphatic hydroxyl groups is 1. The van der Waals surface area contributed by atoms with E-state index in [0.29, 0.717) is 17.0 Å². The molecule has 188 valence electrons. The van der Waals surface area contributed by atoms with Gasteiger partial charge in [0.1, 0.15) is 6.61 Å². The van der Waals surface area contributed by atoms with Crippen LogP contribution in [0.4, 0.5) is 5.69 Å². The normalized spacial score (nSPS) is 15.6. The van der Waals surface area contributed by atoms with Crippen LogP contribution in [0.1, 0.15) is 37.3 Å². The van der Waals surface area contributed by atoms with Crippen molar-refractivity contribution in [1.82, 2.24) is 5.32 Å². The van der Waals surface area contributed by atoms with E-state index in [4.69, 9.17) is 14.6 Å². The SMILES string of the molecule is CC1=C(C(=O)OC/C=C/c2ccccc2)C(c2cccc([N+](=O)[O-])c2)C(C(=O)OCCCO)=C(C)N1. The lowest BCUT2D eigenvalue weighted by Crippen LogP contribution is -2.32. The van der Waals surface area contributed by atoms with Gasteiger partial charge in [-0.05, 0) is 31.1 Å². The van der Waals surface area contributed by atoms with Crippen LogP contribution < -0.4 is 5.32 Å². The van der Waals surface area contributed by atoms with Crippen molar-refractivity contribution in [3.8, 4) is 0 Å². The van der Waals surface area contributed by atoms with Crippen LogP contribution in [0.2, 0.25) is 0 Å². The Morgan fingerprint density at radius 2 is 1.69 bits per heavy atom. The third kappa shape index (κ3) is 6.45. The van der Waals surface area contributed by atoms with E-state index in [1.54, 1.807) is 26.0 Å². The molecule has 2 aromatic carbocycles. The Hall–Kier alpha value is -4.24. The van der Waals surface area contributed by atoms with Crippen LogP contribution in [0.25, 0.3) is 6.08 Å². The topological polar surface area (TPSA) is 128 Å². The zero-order valence-corrected chi connectivity index (χ0v) is 20.1. The molecule has 1 heterocycles. The molecule has 36 heavy (non-hydrogen) atoms. The second-order valence-corrected chi connectivity index (χ2v) is 8.11. The number of hydrogen-bond donors (Lipinski definition) is 2. The summed E-state index contributed by atoms with van der Waals surface area (Å²) in [5.74, 6) is -2.30. The Morgan fingerprint density at radius 1 is 1.03 bits per heavy atom. The molecular formula is C27H28N2O7. The van der Waals surface area contributed by atoms with Gasteiger partial charge in [0.25, 0.3) is 5.69 Å². The molecule has 0 fully saturated rings. The van der Waals surface area contributed by atoms with Gasteiger partial charge in [-0.15, -0.1) is 0 Å². The summed E-state index contributed by atoms with van der Waals surface area (Å²) >= 11 is 0. The highest BCUT2D eigenvalue weighted by Gasteiger charge is 2.38. The number of ether oxygens (including phenoxy) is 2. The van der Waals surface area contributed by atoms with Gasteiger partial charge in [-0.2, -0.15) is 0 Å². The minimum Gasteiger partial charge on any atom is -0.462 e. The number of nitro groups is 1. The number of nitrogens with zero attached hydrogens (tertiary/aromatic N) is 1. The molecule has 9 heteroatoms. The molecule has 3 rings (SSSR count). The van der Waals surface area contributed by atoms with Crippen molar-refractivity contribution in [3.05, 3.63) is 104 Å². The number of rotatable bonds is 10. The van der Waals surface area contributed by atoms with E-state index in [9.17, 15) is 19.7 Å². The molecule has 0 radical (unpaired) electrons. The highest BCUT2D eigenvalue weighted by atomic mass is 16.6. The van der Waals surface area contributed by atoms with Gasteiger partial charge >= 0.3 is 11.9 Å². The van der Waals surface area contributed by atoms with E-state index in [-0.39, 0.29) is 43.1 Å².